The third-order valence-corrected chi connectivity index (χ3v) is 2.99. The van der Waals surface area contributed by atoms with Gasteiger partial charge in [-0.25, -0.2) is 0 Å². The molecule has 1 fully saturated rings. The second-order valence-electron chi connectivity index (χ2n) is 4.12. The van der Waals surface area contributed by atoms with Crippen molar-refractivity contribution < 1.29 is 0 Å². The van der Waals surface area contributed by atoms with Gasteiger partial charge in [0, 0.05) is 6.54 Å². The van der Waals surface area contributed by atoms with Crippen LogP contribution in [0.3, 0.4) is 0 Å². The third-order valence-electron chi connectivity index (χ3n) is 2.99. The van der Waals surface area contributed by atoms with Crippen molar-refractivity contribution in [1.82, 2.24) is 10.2 Å². The van der Waals surface area contributed by atoms with Crippen molar-refractivity contribution in [2.45, 2.75) is 26.7 Å². The topological polar surface area (TPSA) is 15.3 Å². The fourth-order valence-corrected chi connectivity index (χ4v) is 1.98. The number of likely N-dealkylation sites (tertiary alicyclic amines) is 1. The van der Waals surface area contributed by atoms with Crippen LogP contribution in [-0.4, -0.2) is 37.6 Å². The molecular weight excluding hydrogens is 172 g/mol. The van der Waals surface area contributed by atoms with E-state index < -0.39 is 0 Å². The monoisotopic (exact) mass is 196 g/mol. The summed E-state index contributed by atoms with van der Waals surface area (Å²) >= 11 is 0. The molecule has 0 bridgehead atoms. The van der Waals surface area contributed by atoms with E-state index >= 15 is 0 Å². The zero-order chi connectivity index (χ0) is 10.2. The Morgan fingerprint density at radius 2 is 2.07 bits per heavy atom. The lowest BCUT2D eigenvalue weighted by atomic mass is 9.97. The van der Waals surface area contributed by atoms with Gasteiger partial charge in [-0.15, -0.1) is 0 Å². The Hall–Kier alpha value is -0.340. The van der Waals surface area contributed by atoms with Gasteiger partial charge in [-0.05, 0) is 51.9 Å². The molecule has 1 heterocycles. The van der Waals surface area contributed by atoms with Crippen LogP contribution in [0.2, 0.25) is 0 Å². The van der Waals surface area contributed by atoms with Gasteiger partial charge in [0.15, 0.2) is 0 Å². The Morgan fingerprint density at radius 1 is 1.36 bits per heavy atom. The maximum absolute atomic E-state index is 3.44. The van der Waals surface area contributed by atoms with E-state index in [0.29, 0.717) is 0 Å². The SMILES string of the molecule is C/C=C/CN1CCC(CNCC)CC1. The van der Waals surface area contributed by atoms with Crippen LogP contribution in [-0.2, 0) is 0 Å². The summed E-state index contributed by atoms with van der Waals surface area (Å²) < 4.78 is 0. The Kier molecular flexibility index (Phi) is 5.88. The predicted molar refractivity (Wildman–Crippen MR) is 62.5 cm³/mol. The minimum Gasteiger partial charge on any atom is -0.317 e. The quantitative estimate of drug-likeness (QED) is 0.675. The lowest BCUT2D eigenvalue weighted by Gasteiger charge is -2.31. The Bertz CT molecular complexity index is 158. The van der Waals surface area contributed by atoms with Crippen LogP contribution in [0.15, 0.2) is 12.2 Å². The number of hydrogen-bond donors (Lipinski definition) is 1. The molecule has 0 aromatic heterocycles. The van der Waals surface area contributed by atoms with Crippen LogP contribution in [0.5, 0.6) is 0 Å². The average Bonchev–Trinajstić information content (AvgIpc) is 2.25. The number of piperidine rings is 1. The number of nitrogens with one attached hydrogen (secondary N) is 1. The van der Waals surface area contributed by atoms with E-state index in [1.54, 1.807) is 0 Å². The van der Waals surface area contributed by atoms with Gasteiger partial charge in [-0.3, -0.25) is 4.90 Å². The molecule has 1 saturated heterocycles. The van der Waals surface area contributed by atoms with Gasteiger partial charge < -0.3 is 5.32 Å². The van der Waals surface area contributed by atoms with Gasteiger partial charge in [-0.1, -0.05) is 19.1 Å². The summed E-state index contributed by atoms with van der Waals surface area (Å²) in [6.45, 7) is 10.3. The van der Waals surface area contributed by atoms with Crippen LogP contribution in [0.25, 0.3) is 0 Å². The van der Waals surface area contributed by atoms with Crippen molar-refractivity contribution in [3.63, 3.8) is 0 Å². The molecule has 0 saturated carbocycles. The lowest BCUT2D eigenvalue weighted by Crippen LogP contribution is -2.37. The molecule has 2 nitrogen and oxygen atoms in total. The summed E-state index contributed by atoms with van der Waals surface area (Å²) in [4.78, 5) is 2.54. The molecule has 0 aromatic rings. The summed E-state index contributed by atoms with van der Waals surface area (Å²) in [6, 6.07) is 0. The number of hydrogen-bond acceptors (Lipinski definition) is 2. The molecule has 0 radical (unpaired) electrons. The molecule has 2 heteroatoms. The number of rotatable bonds is 5. The molecule has 1 aliphatic heterocycles. The molecule has 1 N–H and O–H groups in total. The van der Waals surface area contributed by atoms with Crippen LogP contribution >= 0.6 is 0 Å². The molecule has 0 aromatic carbocycles. The molecule has 82 valence electrons. The summed E-state index contributed by atoms with van der Waals surface area (Å²) in [6.07, 6.45) is 7.13. The van der Waals surface area contributed by atoms with Crippen molar-refractivity contribution in [2.75, 3.05) is 32.7 Å². The molecule has 1 rings (SSSR count). The summed E-state index contributed by atoms with van der Waals surface area (Å²) in [5, 5.41) is 3.44. The standard InChI is InChI=1S/C12H24N2/c1-3-5-8-14-9-6-12(7-10-14)11-13-4-2/h3,5,12-13H,4,6-11H2,1-2H3/b5-3+. The molecule has 0 amide bonds. The van der Waals surface area contributed by atoms with E-state index in [-0.39, 0.29) is 0 Å². The van der Waals surface area contributed by atoms with Gasteiger partial charge in [-0.2, -0.15) is 0 Å². The first kappa shape index (κ1) is 11.7. The molecular formula is C12H24N2. The summed E-state index contributed by atoms with van der Waals surface area (Å²) in [5.74, 6) is 0.914. The predicted octanol–water partition coefficient (Wildman–Crippen LogP) is 1.88. The van der Waals surface area contributed by atoms with Gasteiger partial charge in [0.25, 0.3) is 0 Å². The van der Waals surface area contributed by atoms with Crippen molar-refractivity contribution in [3.8, 4) is 0 Å². The zero-order valence-electron chi connectivity index (χ0n) is 9.63. The van der Waals surface area contributed by atoms with Crippen molar-refractivity contribution >= 4 is 0 Å². The molecule has 0 spiro atoms. The van der Waals surface area contributed by atoms with E-state index in [1.807, 2.05) is 0 Å². The molecule has 0 unspecified atom stereocenters. The highest BCUT2D eigenvalue weighted by atomic mass is 15.1. The molecule has 0 aliphatic carbocycles. The zero-order valence-corrected chi connectivity index (χ0v) is 9.63. The Morgan fingerprint density at radius 3 is 2.64 bits per heavy atom. The highest BCUT2D eigenvalue weighted by molar-refractivity contribution is 4.83. The van der Waals surface area contributed by atoms with Gasteiger partial charge in [0.1, 0.15) is 0 Å². The molecule has 0 atom stereocenters. The third kappa shape index (κ3) is 4.25. The summed E-state index contributed by atoms with van der Waals surface area (Å²) in [5.41, 5.74) is 0. The van der Waals surface area contributed by atoms with Crippen LogP contribution < -0.4 is 5.32 Å². The highest BCUT2D eigenvalue weighted by Gasteiger charge is 2.17. The van der Waals surface area contributed by atoms with Gasteiger partial charge in [0.2, 0.25) is 0 Å². The number of allylic oxidation sites excluding steroid dienone is 1. The van der Waals surface area contributed by atoms with E-state index in [1.165, 1.54) is 32.5 Å². The van der Waals surface area contributed by atoms with Crippen LogP contribution in [0, 0.1) is 5.92 Å². The highest BCUT2D eigenvalue weighted by Crippen LogP contribution is 2.15. The first-order valence-electron chi connectivity index (χ1n) is 5.91. The van der Waals surface area contributed by atoms with Gasteiger partial charge >= 0.3 is 0 Å². The molecule has 14 heavy (non-hydrogen) atoms. The Balaban J connectivity index is 2.11. The first-order valence-corrected chi connectivity index (χ1v) is 5.91. The van der Waals surface area contributed by atoms with E-state index in [2.05, 4.69) is 36.2 Å². The van der Waals surface area contributed by atoms with Crippen molar-refractivity contribution in [3.05, 3.63) is 12.2 Å². The maximum Gasteiger partial charge on any atom is 0.0163 e. The van der Waals surface area contributed by atoms with Crippen LogP contribution in [0.4, 0.5) is 0 Å². The van der Waals surface area contributed by atoms with E-state index in [0.717, 1.165) is 19.0 Å². The van der Waals surface area contributed by atoms with E-state index in [4.69, 9.17) is 0 Å². The summed E-state index contributed by atoms with van der Waals surface area (Å²) in [7, 11) is 0. The minimum atomic E-state index is 0.914. The maximum atomic E-state index is 3.44. The molecule has 1 aliphatic rings. The smallest absolute Gasteiger partial charge is 0.0163 e. The second kappa shape index (κ2) is 7.02. The lowest BCUT2D eigenvalue weighted by molar-refractivity contribution is 0.198. The Labute approximate surface area is 88.4 Å². The first-order chi connectivity index (χ1) is 6.86. The fourth-order valence-electron chi connectivity index (χ4n) is 1.98. The minimum absolute atomic E-state index is 0.914. The van der Waals surface area contributed by atoms with E-state index in [9.17, 15) is 0 Å². The van der Waals surface area contributed by atoms with Crippen LogP contribution in [0.1, 0.15) is 26.7 Å². The fraction of sp³-hybridized carbons (Fsp3) is 0.833. The largest absolute Gasteiger partial charge is 0.317 e. The number of nitrogens with zero attached hydrogens (tertiary/aromatic N) is 1. The van der Waals surface area contributed by atoms with Crippen molar-refractivity contribution in [2.24, 2.45) is 5.92 Å². The van der Waals surface area contributed by atoms with Crippen molar-refractivity contribution in [1.29, 1.82) is 0 Å². The average molecular weight is 196 g/mol. The normalized spacial score (nSPS) is 20.7. The van der Waals surface area contributed by atoms with Gasteiger partial charge in [0.05, 0.1) is 0 Å². The second-order valence-corrected chi connectivity index (χ2v) is 4.12.